The van der Waals surface area contributed by atoms with Gasteiger partial charge < -0.3 is 15.8 Å². The highest BCUT2D eigenvalue weighted by atomic mass is 19.1. The number of halogens is 1. The molecule has 1 aromatic carbocycles. The number of hydrogen-bond donors (Lipinski definition) is 2. The highest BCUT2D eigenvalue weighted by molar-refractivity contribution is 5.77. The monoisotopic (exact) mass is 237 g/mol. The number of hydrogen-bond acceptors (Lipinski definition) is 2. The maximum absolute atomic E-state index is 13.3. The van der Waals surface area contributed by atoms with Gasteiger partial charge in [-0.1, -0.05) is 12.1 Å². The smallest absolute Gasteiger partial charge is 0.189 e. The van der Waals surface area contributed by atoms with Crippen molar-refractivity contribution < 1.29 is 9.13 Å². The molecule has 0 fully saturated rings. The molecule has 0 unspecified atom stereocenters. The van der Waals surface area contributed by atoms with Crippen molar-refractivity contribution in [3.05, 3.63) is 42.2 Å². The SMILES string of the molecule is C=CCNC(N)=NCc1ccc(OC)c(F)c1. The number of ether oxygens (including phenoxy) is 1. The van der Waals surface area contributed by atoms with E-state index in [0.29, 0.717) is 19.0 Å². The van der Waals surface area contributed by atoms with Crippen LogP contribution in [0.4, 0.5) is 4.39 Å². The highest BCUT2D eigenvalue weighted by Gasteiger charge is 2.02. The Labute approximate surface area is 100.0 Å². The summed E-state index contributed by atoms with van der Waals surface area (Å²) in [5.74, 6) is 0.120. The van der Waals surface area contributed by atoms with E-state index in [9.17, 15) is 4.39 Å². The lowest BCUT2D eigenvalue weighted by Gasteiger charge is -2.04. The third kappa shape index (κ3) is 4.14. The number of rotatable bonds is 5. The van der Waals surface area contributed by atoms with Crippen LogP contribution < -0.4 is 15.8 Å². The molecule has 92 valence electrons. The number of nitrogens with one attached hydrogen (secondary N) is 1. The zero-order chi connectivity index (χ0) is 12.7. The standard InChI is InChI=1S/C12H16FN3O/c1-3-6-15-12(14)16-8-9-4-5-11(17-2)10(13)7-9/h3-5,7H,1,6,8H2,2H3,(H3,14,15,16). The second-order valence-electron chi connectivity index (χ2n) is 3.34. The summed E-state index contributed by atoms with van der Waals surface area (Å²) in [6.07, 6.45) is 1.68. The molecular formula is C12H16FN3O. The molecule has 0 saturated carbocycles. The van der Waals surface area contributed by atoms with Gasteiger partial charge in [-0.3, -0.25) is 0 Å². The normalized spacial score (nSPS) is 11.1. The van der Waals surface area contributed by atoms with Gasteiger partial charge in [0.25, 0.3) is 0 Å². The van der Waals surface area contributed by atoms with E-state index in [0.717, 1.165) is 5.56 Å². The maximum atomic E-state index is 13.3. The van der Waals surface area contributed by atoms with Crippen LogP contribution in [-0.2, 0) is 6.54 Å². The van der Waals surface area contributed by atoms with Crippen LogP contribution in [0.1, 0.15) is 5.56 Å². The Bertz CT molecular complexity index is 418. The zero-order valence-electron chi connectivity index (χ0n) is 9.74. The van der Waals surface area contributed by atoms with Gasteiger partial charge in [0.05, 0.1) is 13.7 Å². The Kier molecular flexibility index (Phi) is 5.00. The summed E-state index contributed by atoms with van der Waals surface area (Å²) in [5.41, 5.74) is 6.30. The van der Waals surface area contributed by atoms with Crippen LogP contribution in [0.3, 0.4) is 0 Å². The van der Waals surface area contributed by atoms with Crippen LogP contribution in [0.5, 0.6) is 5.75 Å². The van der Waals surface area contributed by atoms with Crippen molar-refractivity contribution in [2.45, 2.75) is 6.54 Å². The first-order valence-electron chi connectivity index (χ1n) is 5.14. The molecule has 3 N–H and O–H groups in total. The number of nitrogens with two attached hydrogens (primary N) is 1. The molecule has 0 aliphatic heterocycles. The van der Waals surface area contributed by atoms with Crippen LogP contribution in [0.25, 0.3) is 0 Å². The van der Waals surface area contributed by atoms with Gasteiger partial charge in [0.2, 0.25) is 0 Å². The molecule has 1 aromatic rings. The molecule has 0 saturated heterocycles. The first kappa shape index (κ1) is 13.0. The Morgan fingerprint density at radius 2 is 2.41 bits per heavy atom. The van der Waals surface area contributed by atoms with Gasteiger partial charge in [-0.05, 0) is 17.7 Å². The van der Waals surface area contributed by atoms with E-state index >= 15 is 0 Å². The van der Waals surface area contributed by atoms with Gasteiger partial charge in [-0.25, -0.2) is 9.38 Å². The summed E-state index contributed by atoms with van der Waals surface area (Å²) < 4.78 is 18.2. The first-order valence-corrected chi connectivity index (χ1v) is 5.14. The van der Waals surface area contributed by atoms with Crippen LogP contribution in [0.15, 0.2) is 35.8 Å². The molecule has 0 aliphatic carbocycles. The third-order valence-corrected chi connectivity index (χ3v) is 2.08. The van der Waals surface area contributed by atoms with E-state index in [-0.39, 0.29) is 5.75 Å². The average molecular weight is 237 g/mol. The minimum atomic E-state index is -0.405. The second-order valence-corrected chi connectivity index (χ2v) is 3.34. The van der Waals surface area contributed by atoms with E-state index in [1.54, 1.807) is 18.2 Å². The van der Waals surface area contributed by atoms with Crippen LogP contribution in [-0.4, -0.2) is 19.6 Å². The fraction of sp³-hybridized carbons (Fsp3) is 0.250. The number of aliphatic imine (C=N–C) groups is 1. The molecule has 1 rings (SSSR count). The molecule has 17 heavy (non-hydrogen) atoms. The van der Waals surface area contributed by atoms with Gasteiger partial charge in [-0.15, -0.1) is 6.58 Å². The quantitative estimate of drug-likeness (QED) is 0.462. The molecule has 0 bridgehead atoms. The van der Waals surface area contributed by atoms with E-state index < -0.39 is 5.82 Å². The van der Waals surface area contributed by atoms with E-state index in [4.69, 9.17) is 10.5 Å². The highest BCUT2D eigenvalue weighted by Crippen LogP contribution is 2.17. The van der Waals surface area contributed by atoms with Gasteiger partial charge in [-0.2, -0.15) is 0 Å². The molecule has 0 aromatic heterocycles. The Morgan fingerprint density at radius 3 is 3.00 bits per heavy atom. The fourth-order valence-electron chi connectivity index (χ4n) is 1.22. The summed E-state index contributed by atoms with van der Waals surface area (Å²) in [7, 11) is 1.42. The number of guanidine groups is 1. The van der Waals surface area contributed by atoms with Crippen LogP contribution in [0.2, 0.25) is 0 Å². The lowest BCUT2D eigenvalue weighted by atomic mass is 10.2. The van der Waals surface area contributed by atoms with Crippen molar-refractivity contribution in [2.24, 2.45) is 10.7 Å². The summed E-state index contributed by atoms with van der Waals surface area (Å²) in [5, 5.41) is 2.83. The van der Waals surface area contributed by atoms with E-state index in [2.05, 4.69) is 16.9 Å². The van der Waals surface area contributed by atoms with Crippen molar-refractivity contribution in [1.29, 1.82) is 0 Å². The molecule has 0 aliphatic rings. The maximum Gasteiger partial charge on any atom is 0.189 e. The number of benzene rings is 1. The zero-order valence-corrected chi connectivity index (χ0v) is 9.74. The molecule has 0 atom stereocenters. The van der Waals surface area contributed by atoms with E-state index in [1.165, 1.54) is 13.2 Å². The van der Waals surface area contributed by atoms with Crippen molar-refractivity contribution in [2.75, 3.05) is 13.7 Å². The predicted molar refractivity (Wildman–Crippen MR) is 66.5 cm³/mol. The molecule has 5 heteroatoms. The van der Waals surface area contributed by atoms with Gasteiger partial charge >= 0.3 is 0 Å². The summed E-state index contributed by atoms with van der Waals surface area (Å²) in [6, 6.07) is 4.68. The van der Waals surface area contributed by atoms with Crippen LogP contribution >= 0.6 is 0 Å². The molecule has 0 spiro atoms. The lowest BCUT2D eigenvalue weighted by Crippen LogP contribution is -2.31. The third-order valence-electron chi connectivity index (χ3n) is 2.08. The molecule has 4 nitrogen and oxygen atoms in total. The second kappa shape index (κ2) is 6.52. The van der Waals surface area contributed by atoms with Crippen molar-refractivity contribution in [3.63, 3.8) is 0 Å². The molecule has 0 amide bonds. The Morgan fingerprint density at radius 1 is 1.65 bits per heavy atom. The lowest BCUT2D eigenvalue weighted by molar-refractivity contribution is 0.386. The summed E-state index contributed by atoms with van der Waals surface area (Å²) in [6.45, 7) is 4.41. The Balaban J connectivity index is 2.63. The van der Waals surface area contributed by atoms with E-state index in [1.807, 2.05) is 0 Å². The number of nitrogens with zero attached hydrogens (tertiary/aromatic N) is 1. The topological polar surface area (TPSA) is 59.6 Å². The van der Waals surface area contributed by atoms with Crippen LogP contribution in [0, 0.1) is 5.82 Å². The van der Waals surface area contributed by atoms with Crippen molar-refractivity contribution >= 4 is 5.96 Å². The largest absolute Gasteiger partial charge is 0.494 e. The predicted octanol–water partition coefficient (Wildman–Crippen LogP) is 1.42. The first-order chi connectivity index (χ1) is 8.17. The van der Waals surface area contributed by atoms with Gasteiger partial charge in [0.1, 0.15) is 0 Å². The average Bonchev–Trinajstić information content (AvgIpc) is 2.34. The fourth-order valence-corrected chi connectivity index (χ4v) is 1.22. The summed E-state index contributed by atoms with van der Waals surface area (Å²) in [4.78, 5) is 4.06. The van der Waals surface area contributed by atoms with Gasteiger partial charge in [0.15, 0.2) is 17.5 Å². The Hall–Kier alpha value is -2.04. The minimum Gasteiger partial charge on any atom is -0.494 e. The van der Waals surface area contributed by atoms with Crippen molar-refractivity contribution in [3.8, 4) is 5.75 Å². The summed E-state index contributed by atoms with van der Waals surface area (Å²) >= 11 is 0. The number of methoxy groups -OCH3 is 1. The molecular weight excluding hydrogens is 221 g/mol. The molecule has 0 radical (unpaired) electrons. The molecule has 0 heterocycles. The van der Waals surface area contributed by atoms with Gasteiger partial charge in [0, 0.05) is 6.54 Å². The van der Waals surface area contributed by atoms with Crippen molar-refractivity contribution in [1.82, 2.24) is 5.32 Å². The minimum absolute atomic E-state index is 0.218.